The zero-order valence-electron chi connectivity index (χ0n) is 5.52. The van der Waals surface area contributed by atoms with Gasteiger partial charge in [0.2, 0.25) is 8.87 Å². The Bertz CT molecular complexity index is 252. The Morgan fingerprint density at radius 3 is 1.50 bits per heavy atom. The molecular formula is C3H3F5O2S2. The fourth-order valence-corrected chi connectivity index (χ4v) is 2.14. The topological polar surface area (TPSA) is 34.1 Å². The normalized spacial score (nSPS) is 14.8. The molecule has 0 bridgehead atoms. The zero-order valence-corrected chi connectivity index (χ0v) is 7.16. The van der Waals surface area contributed by atoms with Crippen molar-refractivity contribution in [2.45, 2.75) is 11.4 Å². The van der Waals surface area contributed by atoms with E-state index in [0.29, 0.717) is 0 Å². The molecule has 12 heavy (non-hydrogen) atoms. The summed E-state index contributed by atoms with van der Waals surface area (Å²) in [7, 11) is -5.84. The van der Waals surface area contributed by atoms with E-state index in [-0.39, 0.29) is 6.26 Å². The van der Waals surface area contributed by atoms with Crippen LogP contribution in [0.1, 0.15) is 0 Å². The molecule has 0 aliphatic rings. The number of hydrogen-bond acceptors (Lipinski definition) is 3. The summed E-state index contributed by atoms with van der Waals surface area (Å²) < 4.78 is 77.9. The van der Waals surface area contributed by atoms with Gasteiger partial charge in [-0.1, -0.05) is 0 Å². The Morgan fingerprint density at radius 2 is 1.42 bits per heavy atom. The van der Waals surface area contributed by atoms with Crippen LogP contribution in [-0.2, 0) is 8.87 Å². The Kier molecular flexibility index (Phi) is 3.01. The van der Waals surface area contributed by atoms with Crippen LogP contribution in [0.2, 0.25) is 0 Å². The first-order chi connectivity index (χ1) is 4.96. The van der Waals surface area contributed by atoms with E-state index in [9.17, 15) is 30.4 Å². The van der Waals surface area contributed by atoms with E-state index >= 15 is 0 Å². The second-order valence-electron chi connectivity index (χ2n) is 1.80. The highest BCUT2D eigenvalue weighted by atomic mass is 33.1. The van der Waals surface area contributed by atoms with Crippen molar-refractivity contribution in [2.75, 3.05) is 6.26 Å². The smallest absolute Gasteiger partial charge is 0.218 e. The van der Waals surface area contributed by atoms with Crippen LogP contribution in [0.4, 0.5) is 22.0 Å². The van der Waals surface area contributed by atoms with E-state index in [2.05, 4.69) is 0 Å². The van der Waals surface area contributed by atoms with Gasteiger partial charge in [0.25, 0.3) is 0 Å². The predicted molar refractivity (Wildman–Crippen MR) is 33.4 cm³/mol. The molecule has 0 saturated heterocycles. The van der Waals surface area contributed by atoms with Crippen molar-refractivity contribution in [3.8, 4) is 0 Å². The van der Waals surface area contributed by atoms with E-state index in [1.54, 1.807) is 0 Å². The Balaban J connectivity index is 4.67. The van der Waals surface area contributed by atoms with Crippen LogP contribution < -0.4 is 0 Å². The molecule has 9 heteroatoms. The minimum absolute atomic E-state index is 0.275. The maximum absolute atomic E-state index is 11.9. The molecule has 2 nitrogen and oxygen atoms in total. The lowest BCUT2D eigenvalue weighted by atomic mass is 10.7. The van der Waals surface area contributed by atoms with Gasteiger partial charge in [-0.3, -0.25) is 0 Å². The monoisotopic (exact) mass is 230 g/mol. The molecule has 0 atom stereocenters. The van der Waals surface area contributed by atoms with Crippen LogP contribution in [0.5, 0.6) is 0 Å². The van der Waals surface area contributed by atoms with E-state index < -0.39 is 31.1 Å². The first-order valence-corrected chi connectivity index (χ1v) is 5.53. The average Bonchev–Trinajstić information content (AvgIpc) is 1.52. The summed E-state index contributed by atoms with van der Waals surface area (Å²) >= 11 is 0. The molecule has 0 amide bonds. The number of rotatable bonds is 2. The van der Waals surface area contributed by atoms with E-state index in [0.717, 1.165) is 0 Å². The van der Waals surface area contributed by atoms with Crippen LogP contribution in [0, 0.1) is 0 Å². The van der Waals surface area contributed by atoms with Crippen LogP contribution >= 0.6 is 10.8 Å². The summed E-state index contributed by atoms with van der Waals surface area (Å²) in [5.74, 6) is 0. The van der Waals surface area contributed by atoms with Gasteiger partial charge in [-0.05, 0) is 0 Å². The third-order valence-corrected chi connectivity index (χ3v) is 2.87. The van der Waals surface area contributed by atoms with Crippen molar-refractivity contribution < 1.29 is 30.4 Å². The van der Waals surface area contributed by atoms with Gasteiger partial charge in [0, 0.05) is 6.26 Å². The lowest BCUT2D eigenvalue weighted by Crippen LogP contribution is -2.33. The molecule has 74 valence electrons. The molecule has 0 radical (unpaired) electrons. The SMILES string of the molecule is CS(=O)(=O)SC(F)(F)C(F)(F)F. The molecule has 0 fully saturated rings. The number of hydrogen-bond donors (Lipinski definition) is 0. The van der Waals surface area contributed by atoms with Gasteiger partial charge in [-0.2, -0.15) is 22.0 Å². The second-order valence-corrected chi connectivity index (χ2v) is 6.21. The summed E-state index contributed by atoms with van der Waals surface area (Å²) in [6, 6.07) is 0. The van der Waals surface area contributed by atoms with Crippen molar-refractivity contribution in [2.24, 2.45) is 0 Å². The van der Waals surface area contributed by atoms with E-state index in [1.165, 1.54) is 0 Å². The lowest BCUT2D eigenvalue weighted by Gasteiger charge is -2.16. The molecule has 0 rings (SSSR count). The highest BCUT2D eigenvalue weighted by Gasteiger charge is 2.60. The van der Waals surface area contributed by atoms with Gasteiger partial charge in [-0.15, -0.1) is 0 Å². The zero-order chi connectivity index (χ0) is 10.2. The molecule has 0 unspecified atom stereocenters. The summed E-state index contributed by atoms with van der Waals surface area (Å²) in [5.41, 5.74) is 0. The molecule has 0 spiro atoms. The highest BCUT2D eigenvalue weighted by molar-refractivity contribution is 8.72. The summed E-state index contributed by atoms with van der Waals surface area (Å²) in [6.45, 7) is 0. The predicted octanol–water partition coefficient (Wildman–Crippen LogP) is 1.83. The van der Waals surface area contributed by atoms with Crippen LogP contribution in [0.25, 0.3) is 0 Å². The van der Waals surface area contributed by atoms with Crippen molar-refractivity contribution in [3.63, 3.8) is 0 Å². The average molecular weight is 230 g/mol. The van der Waals surface area contributed by atoms with Gasteiger partial charge >= 0.3 is 11.4 Å². The summed E-state index contributed by atoms with van der Waals surface area (Å²) in [6.07, 6.45) is -5.57. The van der Waals surface area contributed by atoms with Gasteiger partial charge in [0.05, 0.1) is 10.8 Å². The lowest BCUT2D eigenvalue weighted by molar-refractivity contribution is -0.237. The molecule has 0 aliphatic heterocycles. The maximum Gasteiger partial charge on any atom is 0.465 e. The van der Waals surface area contributed by atoms with Gasteiger partial charge < -0.3 is 0 Å². The third-order valence-electron chi connectivity index (χ3n) is 0.586. The number of alkyl halides is 5. The van der Waals surface area contributed by atoms with Crippen molar-refractivity contribution >= 4 is 19.7 Å². The molecular weight excluding hydrogens is 227 g/mol. The summed E-state index contributed by atoms with van der Waals surface area (Å²) in [5, 5.41) is -5.25. The Labute approximate surface area is 68.4 Å². The van der Waals surface area contributed by atoms with Gasteiger partial charge in [-0.25, -0.2) is 8.42 Å². The van der Waals surface area contributed by atoms with Crippen molar-refractivity contribution in [1.82, 2.24) is 0 Å². The van der Waals surface area contributed by atoms with E-state index in [1.807, 2.05) is 0 Å². The molecule has 0 heterocycles. The second kappa shape index (κ2) is 3.02. The van der Waals surface area contributed by atoms with E-state index in [4.69, 9.17) is 0 Å². The first-order valence-electron chi connectivity index (χ1n) is 2.31. The minimum Gasteiger partial charge on any atom is -0.218 e. The molecule has 0 aromatic heterocycles. The molecule has 0 N–H and O–H groups in total. The maximum atomic E-state index is 11.9. The first kappa shape index (κ1) is 11.9. The third kappa shape index (κ3) is 3.57. The summed E-state index contributed by atoms with van der Waals surface area (Å²) in [4.78, 5) is 0. The van der Waals surface area contributed by atoms with Gasteiger partial charge in [0.1, 0.15) is 0 Å². The Hall–Kier alpha value is -0.0500. The quantitative estimate of drug-likeness (QED) is 0.536. The minimum atomic E-state index is -5.85. The fourth-order valence-electron chi connectivity index (χ4n) is 0.237. The molecule has 0 saturated carbocycles. The van der Waals surface area contributed by atoms with Gasteiger partial charge in [0.15, 0.2) is 0 Å². The van der Waals surface area contributed by atoms with Crippen LogP contribution in [0.3, 0.4) is 0 Å². The molecule has 0 aliphatic carbocycles. The van der Waals surface area contributed by atoms with Crippen LogP contribution in [0.15, 0.2) is 0 Å². The van der Waals surface area contributed by atoms with Crippen molar-refractivity contribution in [3.05, 3.63) is 0 Å². The van der Waals surface area contributed by atoms with Crippen LogP contribution in [-0.4, -0.2) is 26.1 Å². The standard InChI is InChI=1S/C3H3F5O2S2/c1-12(9,10)11-3(7,8)2(4,5)6/h1H3. The largest absolute Gasteiger partial charge is 0.465 e. The fraction of sp³-hybridized carbons (Fsp3) is 1.00. The molecule has 0 aromatic rings. The van der Waals surface area contributed by atoms with Crippen molar-refractivity contribution in [1.29, 1.82) is 0 Å². The number of halogens is 5. The highest BCUT2D eigenvalue weighted by Crippen LogP contribution is 2.46. The molecule has 0 aromatic carbocycles. The Morgan fingerprint density at radius 1 is 1.08 bits per heavy atom.